The number of carboxylic acid groups (broad SMARTS) is 1. The summed E-state index contributed by atoms with van der Waals surface area (Å²) in [6, 6.07) is 15.5. The third-order valence-corrected chi connectivity index (χ3v) is 7.24. The highest BCUT2D eigenvalue weighted by atomic mass is 32.2. The number of hydrogen-bond acceptors (Lipinski definition) is 5. The Kier molecular flexibility index (Phi) is 7.23. The molecule has 2 amide bonds. The zero-order valence-electron chi connectivity index (χ0n) is 18.5. The summed E-state index contributed by atoms with van der Waals surface area (Å²) in [5.41, 5.74) is 4.69. The number of ether oxygens (including phenoxy) is 1. The van der Waals surface area contributed by atoms with Crippen LogP contribution in [0, 0.1) is 0 Å². The average Bonchev–Trinajstić information content (AvgIpc) is 3.41. The summed E-state index contributed by atoms with van der Waals surface area (Å²) in [6.45, 7) is 2.13. The van der Waals surface area contributed by atoms with Gasteiger partial charge < -0.3 is 20.1 Å². The van der Waals surface area contributed by atoms with Crippen molar-refractivity contribution in [3.63, 3.8) is 0 Å². The van der Waals surface area contributed by atoms with Crippen molar-refractivity contribution in [1.82, 2.24) is 10.2 Å². The maximum atomic E-state index is 12.4. The second-order valence-electron chi connectivity index (χ2n) is 8.48. The first-order chi connectivity index (χ1) is 16.0. The maximum Gasteiger partial charge on any atom is 0.407 e. The largest absolute Gasteiger partial charge is 0.480 e. The minimum atomic E-state index is -0.960. The number of thioether (sulfide) groups is 1. The second kappa shape index (κ2) is 10.3. The van der Waals surface area contributed by atoms with Crippen molar-refractivity contribution in [2.75, 3.05) is 18.2 Å². The molecule has 0 spiro atoms. The van der Waals surface area contributed by atoms with E-state index in [-0.39, 0.29) is 30.9 Å². The number of fused-ring (bicyclic) bond motifs is 3. The van der Waals surface area contributed by atoms with Gasteiger partial charge in [-0.25, -0.2) is 9.59 Å². The molecule has 0 radical (unpaired) electrons. The van der Waals surface area contributed by atoms with Crippen molar-refractivity contribution in [1.29, 1.82) is 0 Å². The topological polar surface area (TPSA) is 95.9 Å². The van der Waals surface area contributed by atoms with Crippen molar-refractivity contribution >= 4 is 29.7 Å². The Morgan fingerprint density at radius 2 is 1.76 bits per heavy atom. The number of rotatable bonds is 8. The Labute approximate surface area is 197 Å². The SMILES string of the molecule is CC(CCCC(=O)N1CSC[C@H]1C(=O)O)NC(=O)OCC1c2ccccc2-c2ccccc21. The normalized spacial score (nSPS) is 17.8. The van der Waals surface area contributed by atoms with Gasteiger partial charge in [-0.05, 0) is 42.0 Å². The fourth-order valence-electron chi connectivity index (χ4n) is 4.51. The van der Waals surface area contributed by atoms with Crippen LogP contribution in [0.4, 0.5) is 4.79 Å². The standard InChI is InChI=1S/C25H28N2O5S/c1-16(7-6-12-23(28)27-15-33-14-22(27)24(29)30)26-25(31)32-13-21-19-10-4-2-8-17(19)18-9-3-5-11-20(18)21/h2-5,8-11,16,21-22H,6-7,12-15H2,1H3,(H,26,31)(H,29,30)/t16?,22-/m0/s1. The van der Waals surface area contributed by atoms with E-state index in [1.54, 1.807) is 0 Å². The summed E-state index contributed by atoms with van der Waals surface area (Å²) in [5.74, 6) is -0.250. The zero-order valence-corrected chi connectivity index (χ0v) is 19.3. The molecule has 1 heterocycles. The number of carbonyl (C=O) groups is 3. The molecular weight excluding hydrogens is 440 g/mol. The lowest BCUT2D eigenvalue weighted by atomic mass is 9.98. The van der Waals surface area contributed by atoms with Crippen LogP contribution in [0.1, 0.15) is 43.2 Å². The fourth-order valence-corrected chi connectivity index (χ4v) is 5.68. The minimum absolute atomic E-state index is 0.0107. The molecule has 1 fully saturated rings. The summed E-state index contributed by atoms with van der Waals surface area (Å²) in [4.78, 5) is 37.4. The first-order valence-electron chi connectivity index (χ1n) is 11.2. The maximum absolute atomic E-state index is 12.4. The van der Waals surface area contributed by atoms with E-state index in [4.69, 9.17) is 4.74 Å². The van der Waals surface area contributed by atoms with Crippen molar-refractivity contribution in [2.45, 2.75) is 44.2 Å². The van der Waals surface area contributed by atoms with E-state index in [0.717, 1.165) is 11.1 Å². The molecule has 7 nitrogen and oxygen atoms in total. The van der Waals surface area contributed by atoms with Crippen molar-refractivity contribution in [2.24, 2.45) is 0 Å². The van der Waals surface area contributed by atoms with E-state index in [9.17, 15) is 19.5 Å². The van der Waals surface area contributed by atoms with Crippen LogP contribution in [0.3, 0.4) is 0 Å². The first kappa shape index (κ1) is 23.2. The molecule has 0 aromatic heterocycles. The van der Waals surface area contributed by atoms with Gasteiger partial charge in [0.25, 0.3) is 0 Å². The van der Waals surface area contributed by atoms with Gasteiger partial charge in [-0.3, -0.25) is 4.79 Å². The summed E-state index contributed by atoms with van der Waals surface area (Å²) in [6.07, 6.45) is 0.963. The van der Waals surface area contributed by atoms with Crippen molar-refractivity contribution in [3.8, 4) is 11.1 Å². The molecule has 0 bridgehead atoms. The molecule has 2 aromatic rings. The molecule has 8 heteroatoms. The van der Waals surface area contributed by atoms with E-state index in [2.05, 4.69) is 29.6 Å². The predicted molar refractivity (Wildman–Crippen MR) is 127 cm³/mol. The van der Waals surface area contributed by atoms with Crippen LogP contribution in [0.5, 0.6) is 0 Å². The summed E-state index contributed by atoms with van der Waals surface area (Å²) >= 11 is 1.45. The first-order valence-corrected chi connectivity index (χ1v) is 12.3. The molecule has 1 aliphatic heterocycles. The Hall–Kier alpha value is -3.00. The van der Waals surface area contributed by atoms with Crippen LogP contribution in [-0.2, 0) is 14.3 Å². The molecule has 1 unspecified atom stereocenters. The van der Waals surface area contributed by atoms with Gasteiger partial charge >= 0.3 is 12.1 Å². The number of nitrogens with one attached hydrogen (secondary N) is 1. The Bertz CT molecular complexity index is 997. The molecule has 2 aliphatic rings. The van der Waals surface area contributed by atoms with Gasteiger partial charge in [0.1, 0.15) is 12.6 Å². The highest BCUT2D eigenvalue weighted by molar-refractivity contribution is 7.99. The van der Waals surface area contributed by atoms with Crippen LogP contribution in [-0.4, -0.2) is 58.3 Å². The highest BCUT2D eigenvalue weighted by Crippen LogP contribution is 2.44. The highest BCUT2D eigenvalue weighted by Gasteiger charge is 2.34. The van der Waals surface area contributed by atoms with Crippen LogP contribution in [0.2, 0.25) is 0 Å². The van der Waals surface area contributed by atoms with E-state index < -0.39 is 18.1 Å². The third kappa shape index (κ3) is 5.16. The van der Waals surface area contributed by atoms with Gasteiger partial charge in [-0.15, -0.1) is 11.8 Å². The fraction of sp³-hybridized carbons (Fsp3) is 0.400. The van der Waals surface area contributed by atoms with Crippen LogP contribution >= 0.6 is 11.8 Å². The van der Waals surface area contributed by atoms with E-state index in [0.29, 0.717) is 24.5 Å². The molecule has 2 N–H and O–H groups in total. The lowest BCUT2D eigenvalue weighted by molar-refractivity contribution is -0.147. The Morgan fingerprint density at radius 1 is 1.12 bits per heavy atom. The number of carbonyl (C=O) groups excluding carboxylic acids is 2. The number of amides is 2. The second-order valence-corrected chi connectivity index (χ2v) is 9.48. The molecule has 33 heavy (non-hydrogen) atoms. The van der Waals surface area contributed by atoms with Gasteiger partial charge in [-0.2, -0.15) is 0 Å². The zero-order chi connectivity index (χ0) is 23.4. The molecule has 2 aromatic carbocycles. The lowest BCUT2D eigenvalue weighted by Crippen LogP contribution is -2.41. The molecule has 1 saturated heterocycles. The summed E-state index contributed by atoms with van der Waals surface area (Å²) in [5, 5.41) is 12.1. The third-order valence-electron chi connectivity index (χ3n) is 6.22. The van der Waals surface area contributed by atoms with Crippen LogP contribution in [0.25, 0.3) is 11.1 Å². The lowest BCUT2D eigenvalue weighted by Gasteiger charge is -2.21. The van der Waals surface area contributed by atoms with Crippen molar-refractivity contribution in [3.05, 3.63) is 59.7 Å². The molecule has 1 aliphatic carbocycles. The van der Waals surface area contributed by atoms with Crippen LogP contribution in [0.15, 0.2) is 48.5 Å². The molecule has 2 atom stereocenters. The molecule has 0 saturated carbocycles. The molecule has 4 rings (SSSR count). The number of alkyl carbamates (subject to hydrolysis) is 1. The number of hydrogen-bond donors (Lipinski definition) is 2. The number of carboxylic acids is 1. The van der Waals surface area contributed by atoms with E-state index >= 15 is 0 Å². The Balaban J connectivity index is 1.23. The average molecular weight is 469 g/mol. The predicted octanol–water partition coefficient (Wildman–Crippen LogP) is 4.07. The summed E-state index contributed by atoms with van der Waals surface area (Å²) in [7, 11) is 0. The quantitative estimate of drug-likeness (QED) is 0.606. The monoisotopic (exact) mass is 468 g/mol. The smallest absolute Gasteiger partial charge is 0.407 e. The van der Waals surface area contributed by atoms with E-state index in [1.165, 1.54) is 27.8 Å². The van der Waals surface area contributed by atoms with Crippen LogP contribution < -0.4 is 5.32 Å². The van der Waals surface area contributed by atoms with Crippen molar-refractivity contribution < 1.29 is 24.2 Å². The Morgan fingerprint density at radius 3 is 2.39 bits per heavy atom. The molecular formula is C25H28N2O5S. The minimum Gasteiger partial charge on any atom is -0.480 e. The van der Waals surface area contributed by atoms with Gasteiger partial charge in [0, 0.05) is 24.1 Å². The summed E-state index contributed by atoms with van der Waals surface area (Å²) < 4.78 is 5.57. The van der Waals surface area contributed by atoms with Gasteiger partial charge in [0.2, 0.25) is 5.91 Å². The number of aliphatic carboxylic acids is 1. The van der Waals surface area contributed by atoms with Gasteiger partial charge in [-0.1, -0.05) is 48.5 Å². The number of nitrogens with zero attached hydrogens (tertiary/aromatic N) is 1. The van der Waals surface area contributed by atoms with E-state index in [1.807, 2.05) is 31.2 Å². The molecule has 174 valence electrons. The van der Waals surface area contributed by atoms with Gasteiger partial charge in [0.15, 0.2) is 0 Å². The number of benzene rings is 2. The van der Waals surface area contributed by atoms with Gasteiger partial charge in [0.05, 0.1) is 5.88 Å².